The third-order valence-corrected chi connectivity index (χ3v) is 4.99. The molecule has 0 aliphatic carbocycles. The molecule has 7 nitrogen and oxygen atoms in total. The number of hydrogen-bond acceptors (Lipinski definition) is 3. The van der Waals surface area contributed by atoms with Crippen molar-refractivity contribution < 1.29 is 9.90 Å². The van der Waals surface area contributed by atoms with Crippen LogP contribution >= 0.6 is 0 Å². The summed E-state index contributed by atoms with van der Waals surface area (Å²) >= 11 is 0. The molecule has 1 aliphatic heterocycles. The average Bonchev–Trinajstić information content (AvgIpc) is 3.19. The van der Waals surface area contributed by atoms with Crippen LogP contribution in [0.1, 0.15) is 18.1 Å². The molecule has 3 aromatic rings. The van der Waals surface area contributed by atoms with E-state index in [4.69, 9.17) is 0 Å². The van der Waals surface area contributed by atoms with Gasteiger partial charge >= 0.3 is 6.09 Å². The molecule has 1 atom stereocenters. The van der Waals surface area contributed by atoms with Crippen LogP contribution in [0.5, 0.6) is 0 Å². The quantitative estimate of drug-likeness (QED) is 0.770. The summed E-state index contributed by atoms with van der Waals surface area (Å²) in [5.74, 6) is 0.144. The fourth-order valence-corrected chi connectivity index (χ4v) is 3.67. The first-order valence-electron chi connectivity index (χ1n) is 8.59. The molecule has 4 rings (SSSR count). The van der Waals surface area contributed by atoms with Crippen molar-refractivity contribution in [1.29, 1.82) is 0 Å². The maximum absolute atomic E-state index is 11.2. The molecule has 0 radical (unpaired) electrons. The minimum Gasteiger partial charge on any atom is -0.465 e. The second-order valence-corrected chi connectivity index (χ2v) is 6.90. The number of aromatic nitrogens is 4. The molecule has 0 saturated carbocycles. The normalized spacial score (nSPS) is 17.6. The zero-order valence-electron chi connectivity index (χ0n) is 15.0. The number of amides is 1. The van der Waals surface area contributed by atoms with Gasteiger partial charge in [0.25, 0.3) is 0 Å². The minimum absolute atomic E-state index is 0.144. The van der Waals surface area contributed by atoms with Crippen LogP contribution in [0.3, 0.4) is 0 Å². The van der Waals surface area contributed by atoms with Crippen LogP contribution in [-0.4, -0.2) is 48.8 Å². The van der Waals surface area contributed by atoms with E-state index in [-0.39, 0.29) is 5.92 Å². The maximum atomic E-state index is 11.2. The standard InChI is InChI=1S/C19H21N5O2/c1-12-6-14-8-21-24(15-9-20-22(3)11-15)18(14)7-17(12)16-4-5-23(19(25)26)10-13(16)2/h4,6-9,11,13H,5,10H2,1-3H3,(H,25,26). The molecular formula is C19H21N5O2. The van der Waals surface area contributed by atoms with Crippen molar-refractivity contribution in [2.24, 2.45) is 13.0 Å². The first kappa shape index (κ1) is 16.4. The van der Waals surface area contributed by atoms with Crippen molar-refractivity contribution in [3.8, 4) is 5.69 Å². The second kappa shape index (κ2) is 6.01. The number of carbonyl (C=O) groups is 1. The molecule has 1 N–H and O–H groups in total. The summed E-state index contributed by atoms with van der Waals surface area (Å²) in [7, 11) is 1.88. The Balaban J connectivity index is 1.81. The number of nitrogens with zero attached hydrogens (tertiary/aromatic N) is 5. The van der Waals surface area contributed by atoms with Gasteiger partial charge in [-0.05, 0) is 41.7 Å². The topological polar surface area (TPSA) is 76.2 Å². The Morgan fingerprint density at radius 2 is 2.08 bits per heavy atom. The highest BCUT2D eigenvalue weighted by Gasteiger charge is 2.24. The van der Waals surface area contributed by atoms with Gasteiger partial charge in [0.15, 0.2) is 0 Å². The lowest BCUT2D eigenvalue weighted by atomic mass is 9.87. The van der Waals surface area contributed by atoms with Crippen LogP contribution < -0.4 is 0 Å². The molecule has 1 unspecified atom stereocenters. The van der Waals surface area contributed by atoms with E-state index < -0.39 is 6.09 Å². The zero-order valence-corrected chi connectivity index (χ0v) is 15.0. The van der Waals surface area contributed by atoms with E-state index in [1.807, 2.05) is 30.2 Å². The summed E-state index contributed by atoms with van der Waals surface area (Å²) < 4.78 is 3.65. The van der Waals surface area contributed by atoms with Crippen molar-refractivity contribution in [3.05, 3.63) is 47.9 Å². The van der Waals surface area contributed by atoms with E-state index in [0.29, 0.717) is 13.1 Å². The molecule has 0 bridgehead atoms. The lowest BCUT2D eigenvalue weighted by Crippen LogP contribution is -2.37. The molecule has 1 amide bonds. The Morgan fingerprint density at radius 3 is 2.73 bits per heavy atom. The van der Waals surface area contributed by atoms with Crippen LogP contribution in [0.25, 0.3) is 22.2 Å². The third-order valence-electron chi connectivity index (χ3n) is 4.99. The number of aryl methyl sites for hydroxylation is 2. The van der Waals surface area contributed by atoms with Gasteiger partial charge in [-0.25, -0.2) is 9.48 Å². The first-order valence-corrected chi connectivity index (χ1v) is 8.59. The van der Waals surface area contributed by atoms with Crippen molar-refractivity contribution in [1.82, 2.24) is 24.5 Å². The first-order chi connectivity index (χ1) is 12.4. The monoisotopic (exact) mass is 351 g/mol. The fourth-order valence-electron chi connectivity index (χ4n) is 3.67. The molecule has 0 fully saturated rings. The van der Waals surface area contributed by atoms with Crippen LogP contribution in [0.15, 0.2) is 36.8 Å². The van der Waals surface area contributed by atoms with Gasteiger partial charge in [0, 0.05) is 25.5 Å². The van der Waals surface area contributed by atoms with Gasteiger partial charge < -0.3 is 10.0 Å². The maximum Gasteiger partial charge on any atom is 0.407 e. The largest absolute Gasteiger partial charge is 0.465 e. The van der Waals surface area contributed by atoms with Gasteiger partial charge in [-0.3, -0.25) is 4.68 Å². The van der Waals surface area contributed by atoms with E-state index in [9.17, 15) is 9.90 Å². The van der Waals surface area contributed by atoms with Gasteiger partial charge in [-0.1, -0.05) is 13.0 Å². The molecule has 3 heterocycles. The predicted octanol–water partition coefficient (Wildman–Crippen LogP) is 3.08. The average molecular weight is 351 g/mol. The van der Waals surface area contributed by atoms with E-state index in [0.717, 1.165) is 22.2 Å². The highest BCUT2D eigenvalue weighted by Crippen LogP contribution is 2.33. The summed E-state index contributed by atoms with van der Waals surface area (Å²) in [5, 5.41) is 19.0. The van der Waals surface area contributed by atoms with Crippen molar-refractivity contribution in [2.75, 3.05) is 13.1 Å². The summed E-state index contributed by atoms with van der Waals surface area (Å²) in [5.41, 5.74) is 5.46. The van der Waals surface area contributed by atoms with Gasteiger partial charge in [0.05, 0.1) is 24.1 Å². The lowest BCUT2D eigenvalue weighted by molar-refractivity contribution is 0.145. The fraction of sp³-hybridized carbons (Fsp3) is 0.316. The lowest BCUT2D eigenvalue weighted by Gasteiger charge is -2.30. The van der Waals surface area contributed by atoms with Crippen LogP contribution in [0.2, 0.25) is 0 Å². The molecule has 0 spiro atoms. The van der Waals surface area contributed by atoms with E-state index >= 15 is 0 Å². The molecule has 1 aromatic carbocycles. The molecule has 1 aliphatic rings. The Kier molecular flexibility index (Phi) is 3.79. The zero-order chi connectivity index (χ0) is 18.4. The van der Waals surface area contributed by atoms with Gasteiger partial charge in [-0.15, -0.1) is 0 Å². The summed E-state index contributed by atoms with van der Waals surface area (Å²) in [4.78, 5) is 12.7. The van der Waals surface area contributed by atoms with Crippen LogP contribution in [0, 0.1) is 12.8 Å². The van der Waals surface area contributed by atoms with E-state index in [2.05, 4.69) is 36.2 Å². The summed E-state index contributed by atoms with van der Waals surface area (Å²) in [6.07, 6.45) is 6.75. The number of carboxylic acid groups (broad SMARTS) is 1. The van der Waals surface area contributed by atoms with Crippen molar-refractivity contribution >= 4 is 22.6 Å². The SMILES string of the molecule is Cc1cc2cnn(-c3cnn(C)c3)c2cc1C1=CCN(C(=O)O)CC1C. The molecular weight excluding hydrogens is 330 g/mol. The Hall–Kier alpha value is -3.09. The van der Waals surface area contributed by atoms with Crippen LogP contribution in [0.4, 0.5) is 4.79 Å². The van der Waals surface area contributed by atoms with Gasteiger partial charge in [-0.2, -0.15) is 10.2 Å². The Labute approximate surface area is 151 Å². The summed E-state index contributed by atoms with van der Waals surface area (Å²) in [6, 6.07) is 4.30. The van der Waals surface area contributed by atoms with Gasteiger partial charge in [0.1, 0.15) is 5.69 Å². The Morgan fingerprint density at radius 1 is 1.27 bits per heavy atom. The Bertz CT molecular complexity index is 1030. The highest BCUT2D eigenvalue weighted by atomic mass is 16.4. The third kappa shape index (κ3) is 2.65. The second-order valence-electron chi connectivity index (χ2n) is 6.90. The number of rotatable bonds is 2. The van der Waals surface area contributed by atoms with Gasteiger partial charge in [0.2, 0.25) is 0 Å². The highest BCUT2D eigenvalue weighted by molar-refractivity contribution is 5.87. The molecule has 2 aromatic heterocycles. The molecule has 134 valence electrons. The molecule has 26 heavy (non-hydrogen) atoms. The van der Waals surface area contributed by atoms with Crippen molar-refractivity contribution in [2.45, 2.75) is 13.8 Å². The van der Waals surface area contributed by atoms with E-state index in [1.165, 1.54) is 16.0 Å². The number of hydrogen-bond donors (Lipinski definition) is 1. The summed E-state index contributed by atoms with van der Waals surface area (Å²) in [6.45, 7) is 5.10. The van der Waals surface area contributed by atoms with E-state index in [1.54, 1.807) is 10.9 Å². The minimum atomic E-state index is -0.867. The molecule has 0 saturated heterocycles. The smallest absolute Gasteiger partial charge is 0.407 e. The van der Waals surface area contributed by atoms with Crippen LogP contribution in [-0.2, 0) is 7.05 Å². The number of fused-ring (bicyclic) bond motifs is 1. The molecule has 7 heteroatoms. The predicted molar refractivity (Wildman–Crippen MR) is 99.3 cm³/mol. The number of benzene rings is 1. The van der Waals surface area contributed by atoms with Crippen molar-refractivity contribution in [3.63, 3.8) is 0 Å².